The van der Waals surface area contributed by atoms with Crippen molar-refractivity contribution >= 4 is 34.0 Å². The maximum Gasteiger partial charge on any atom is 0.246 e. The Bertz CT molecular complexity index is 698. The summed E-state index contributed by atoms with van der Waals surface area (Å²) in [6.45, 7) is 1.03. The number of carbonyl (C=O) groups excluding carboxylic acids is 1. The molecule has 7 heteroatoms. The molecule has 0 radical (unpaired) electrons. The number of ether oxygens (including phenoxy) is 1. The monoisotopic (exact) mass is 351 g/mol. The van der Waals surface area contributed by atoms with Crippen LogP contribution in [0.4, 0.5) is 5.13 Å². The molecule has 1 aromatic carbocycles. The van der Waals surface area contributed by atoms with Crippen LogP contribution in [0.15, 0.2) is 30.5 Å². The molecule has 1 aromatic heterocycles. The van der Waals surface area contributed by atoms with Gasteiger partial charge in [-0.15, -0.1) is 11.3 Å². The number of benzene rings is 1. The van der Waals surface area contributed by atoms with Gasteiger partial charge in [-0.25, -0.2) is 4.98 Å². The molecule has 0 atom stereocenters. The van der Waals surface area contributed by atoms with E-state index in [1.807, 2.05) is 24.3 Å². The van der Waals surface area contributed by atoms with Crippen molar-refractivity contribution in [1.29, 1.82) is 0 Å². The second kappa shape index (κ2) is 6.97. The zero-order chi connectivity index (χ0) is 16.3. The Morgan fingerprint density at radius 1 is 1.43 bits per heavy atom. The number of nitrogens with zero attached hydrogens (tertiary/aromatic N) is 1. The van der Waals surface area contributed by atoms with E-state index in [0.29, 0.717) is 36.2 Å². The molecule has 2 aromatic rings. The van der Waals surface area contributed by atoms with Gasteiger partial charge in [0.15, 0.2) is 5.13 Å². The molecule has 2 heterocycles. The summed E-state index contributed by atoms with van der Waals surface area (Å²) in [5.41, 5.74) is 6.41. The smallest absolute Gasteiger partial charge is 0.246 e. The summed E-state index contributed by atoms with van der Waals surface area (Å²) in [6, 6.07) is 7.71. The topological polar surface area (TPSA) is 77.2 Å². The summed E-state index contributed by atoms with van der Waals surface area (Å²) >= 11 is 7.44. The predicted molar refractivity (Wildman–Crippen MR) is 92.0 cm³/mol. The van der Waals surface area contributed by atoms with Gasteiger partial charge < -0.3 is 15.8 Å². The highest BCUT2D eigenvalue weighted by Crippen LogP contribution is 2.25. The highest BCUT2D eigenvalue weighted by atomic mass is 35.5. The third-order valence-electron chi connectivity index (χ3n) is 3.88. The molecule has 0 spiro atoms. The van der Waals surface area contributed by atoms with Crippen LogP contribution < -0.4 is 11.1 Å². The number of nitrogens with two attached hydrogens (primary N) is 1. The van der Waals surface area contributed by atoms with Gasteiger partial charge in [-0.1, -0.05) is 23.7 Å². The van der Waals surface area contributed by atoms with Crippen molar-refractivity contribution < 1.29 is 9.53 Å². The summed E-state index contributed by atoms with van der Waals surface area (Å²) in [6.07, 6.45) is 3.56. The number of hydrogen-bond acceptors (Lipinski definition) is 5. The van der Waals surface area contributed by atoms with E-state index in [-0.39, 0.29) is 5.91 Å². The van der Waals surface area contributed by atoms with Gasteiger partial charge in [0.1, 0.15) is 5.54 Å². The van der Waals surface area contributed by atoms with E-state index in [9.17, 15) is 4.79 Å². The van der Waals surface area contributed by atoms with Crippen LogP contribution in [0.2, 0.25) is 5.02 Å². The first-order valence-corrected chi connectivity index (χ1v) is 8.62. The first-order valence-electron chi connectivity index (χ1n) is 7.42. The second-order valence-corrected chi connectivity index (χ2v) is 7.21. The van der Waals surface area contributed by atoms with Crippen LogP contribution in [0, 0.1) is 0 Å². The van der Waals surface area contributed by atoms with Crippen molar-refractivity contribution in [3.05, 3.63) is 45.9 Å². The minimum atomic E-state index is -0.864. The van der Waals surface area contributed by atoms with Crippen LogP contribution >= 0.6 is 22.9 Å². The quantitative estimate of drug-likeness (QED) is 0.888. The fraction of sp³-hybridized carbons (Fsp3) is 0.375. The largest absolute Gasteiger partial charge is 0.381 e. The highest BCUT2D eigenvalue weighted by molar-refractivity contribution is 7.15. The Hall–Kier alpha value is -1.47. The number of amides is 1. The van der Waals surface area contributed by atoms with E-state index in [1.54, 1.807) is 6.20 Å². The molecule has 5 nitrogen and oxygen atoms in total. The van der Waals surface area contributed by atoms with Crippen LogP contribution in [-0.2, 0) is 16.0 Å². The van der Waals surface area contributed by atoms with Gasteiger partial charge in [0.05, 0.1) is 0 Å². The first-order chi connectivity index (χ1) is 11.0. The van der Waals surface area contributed by atoms with Crippen LogP contribution in [0.5, 0.6) is 0 Å². The van der Waals surface area contributed by atoms with E-state index in [0.717, 1.165) is 16.9 Å². The SMILES string of the molecule is NC1(C(=O)Nc2ncc(Cc3cccc(Cl)c3)s2)CCOCC1. The summed E-state index contributed by atoms with van der Waals surface area (Å²) in [4.78, 5) is 17.7. The third kappa shape index (κ3) is 4.09. The standard InChI is InChI=1S/C16H18ClN3O2S/c17-12-3-1-2-11(8-12)9-13-10-19-15(23-13)20-14(21)16(18)4-6-22-7-5-16/h1-3,8,10H,4-7,9,18H2,(H,19,20,21). The molecule has 1 fully saturated rings. The van der Waals surface area contributed by atoms with E-state index in [4.69, 9.17) is 22.1 Å². The summed E-state index contributed by atoms with van der Waals surface area (Å²) < 4.78 is 5.26. The summed E-state index contributed by atoms with van der Waals surface area (Å²) in [5.74, 6) is -0.190. The third-order valence-corrected chi connectivity index (χ3v) is 5.03. The van der Waals surface area contributed by atoms with Gasteiger partial charge in [-0.05, 0) is 30.5 Å². The number of hydrogen-bond donors (Lipinski definition) is 2. The van der Waals surface area contributed by atoms with Gasteiger partial charge in [0.25, 0.3) is 0 Å². The Morgan fingerprint density at radius 3 is 2.96 bits per heavy atom. The van der Waals surface area contributed by atoms with Crippen LogP contribution in [0.1, 0.15) is 23.3 Å². The molecule has 122 valence electrons. The normalized spacial score (nSPS) is 17.0. The Morgan fingerprint density at radius 2 is 2.22 bits per heavy atom. The van der Waals surface area contributed by atoms with Crippen molar-refractivity contribution in [3.63, 3.8) is 0 Å². The van der Waals surface area contributed by atoms with Gasteiger partial charge in [0.2, 0.25) is 5.91 Å². The van der Waals surface area contributed by atoms with Crippen molar-refractivity contribution in [2.24, 2.45) is 5.73 Å². The molecule has 23 heavy (non-hydrogen) atoms. The Labute approximate surface area is 143 Å². The Balaban J connectivity index is 1.64. The van der Waals surface area contributed by atoms with Gasteiger partial charge in [0, 0.05) is 35.7 Å². The maximum absolute atomic E-state index is 12.4. The van der Waals surface area contributed by atoms with Crippen molar-refractivity contribution in [1.82, 2.24) is 4.98 Å². The average molecular weight is 352 g/mol. The van der Waals surface area contributed by atoms with Crippen LogP contribution in [0.25, 0.3) is 0 Å². The van der Waals surface area contributed by atoms with E-state index < -0.39 is 5.54 Å². The molecule has 1 amide bonds. The lowest BCUT2D eigenvalue weighted by Gasteiger charge is -2.31. The highest BCUT2D eigenvalue weighted by Gasteiger charge is 2.36. The van der Waals surface area contributed by atoms with E-state index >= 15 is 0 Å². The van der Waals surface area contributed by atoms with Gasteiger partial charge in [-0.2, -0.15) is 0 Å². The molecule has 0 unspecified atom stereocenters. The zero-order valence-electron chi connectivity index (χ0n) is 12.5. The van der Waals surface area contributed by atoms with E-state index in [1.165, 1.54) is 11.3 Å². The van der Waals surface area contributed by atoms with Crippen LogP contribution in [-0.4, -0.2) is 29.6 Å². The molecule has 1 aliphatic heterocycles. The molecular formula is C16H18ClN3O2S. The molecule has 0 aliphatic carbocycles. The van der Waals surface area contributed by atoms with Crippen molar-refractivity contribution in [3.8, 4) is 0 Å². The first kappa shape index (κ1) is 16.4. The second-order valence-electron chi connectivity index (χ2n) is 5.66. The molecular weight excluding hydrogens is 334 g/mol. The molecule has 0 saturated carbocycles. The molecule has 0 bridgehead atoms. The van der Waals surface area contributed by atoms with Gasteiger partial charge in [-0.3, -0.25) is 4.79 Å². The minimum Gasteiger partial charge on any atom is -0.381 e. The summed E-state index contributed by atoms with van der Waals surface area (Å²) in [5, 5.41) is 4.12. The number of nitrogens with one attached hydrogen (secondary N) is 1. The fourth-order valence-electron chi connectivity index (χ4n) is 2.48. The number of aromatic nitrogens is 1. The van der Waals surface area contributed by atoms with Gasteiger partial charge >= 0.3 is 0 Å². The fourth-order valence-corrected chi connectivity index (χ4v) is 3.53. The number of anilines is 1. The number of rotatable bonds is 4. The van der Waals surface area contributed by atoms with Crippen molar-refractivity contribution in [2.45, 2.75) is 24.8 Å². The van der Waals surface area contributed by atoms with E-state index in [2.05, 4.69) is 10.3 Å². The average Bonchev–Trinajstić information content (AvgIpc) is 2.95. The Kier molecular flexibility index (Phi) is 4.96. The lowest BCUT2D eigenvalue weighted by Crippen LogP contribution is -2.54. The lowest BCUT2D eigenvalue weighted by atomic mass is 9.90. The predicted octanol–water partition coefficient (Wildman–Crippen LogP) is 2.83. The zero-order valence-corrected chi connectivity index (χ0v) is 14.1. The molecule has 1 aliphatic rings. The minimum absolute atomic E-state index is 0.190. The molecule has 3 rings (SSSR count). The molecule has 1 saturated heterocycles. The molecule has 3 N–H and O–H groups in total. The summed E-state index contributed by atoms with van der Waals surface area (Å²) in [7, 11) is 0. The number of thiazole rings is 1. The number of halogens is 1. The van der Waals surface area contributed by atoms with Crippen LogP contribution in [0.3, 0.4) is 0 Å². The maximum atomic E-state index is 12.4. The lowest BCUT2D eigenvalue weighted by molar-refractivity contribution is -0.124. The number of carbonyl (C=O) groups is 1. The van der Waals surface area contributed by atoms with Crippen molar-refractivity contribution in [2.75, 3.05) is 18.5 Å².